The highest BCUT2D eigenvalue weighted by Gasteiger charge is 2.19. The Kier molecular flexibility index (Phi) is 6.42. The molecule has 0 atom stereocenters. The third-order valence-corrected chi connectivity index (χ3v) is 5.73. The van der Waals surface area contributed by atoms with Crippen molar-refractivity contribution in [1.29, 1.82) is 0 Å². The number of nitrogens with one attached hydrogen (secondary N) is 1. The van der Waals surface area contributed by atoms with Crippen molar-refractivity contribution in [3.63, 3.8) is 0 Å². The van der Waals surface area contributed by atoms with Crippen LogP contribution in [0.2, 0.25) is 0 Å². The number of thioether (sulfide) groups is 1. The molecule has 0 saturated heterocycles. The van der Waals surface area contributed by atoms with Crippen molar-refractivity contribution in [2.75, 3.05) is 18.2 Å². The molecule has 3 aromatic rings. The molecule has 0 radical (unpaired) electrons. The highest BCUT2D eigenvalue weighted by molar-refractivity contribution is 7.99. The molecule has 3 aromatic heterocycles. The molecule has 8 nitrogen and oxygen atoms in total. The maximum absolute atomic E-state index is 12.4. The molecule has 3 rings (SSSR count). The van der Waals surface area contributed by atoms with E-state index < -0.39 is 5.97 Å². The Morgan fingerprint density at radius 1 is 1.36 bits per heavy atom. The molecule has 0 aliphatic rings. The zero-order valence-corrected chi connectivity index (χ0v) is 17.3. The van der Waals surface area contributed by atoms with Crippen molar-refractivity contribution in [1.82, 2.24) is 19.7 Å². The van der Waals surface area contributed by atoms with Gasteiger partial charge in [-0.15, -0.1) is 21.5 Å². The van der Waals surface area contributed by atoms with Crippen molar-refractivity contribution in [2.45, 2.75) is 25.5 Å². The summed E-state index contributed by atoms with van der Waals surface area (Å²) in [6.07, 6.45) is 3.43. The van der Waals surface area contributed by atoms with E-state index in [4.69, 9.17) is 4.74 Å². The number of hydrogen-bond acceptors (Lipinski definition) is 8. The fraction of sp³-hybridized carbons (Fsp3) is 0.278. The second kappa shape index (κ2) is 8.98. The third kappa shape index (κ3) is 4.39. The summed E-state index contributed by atoms with van der Waals surface area (Å²) in [5, 5.41) is 12.4. The van der Waals surface area contributed by atoms with Crippen LogP contribution in [0.3, 0.4) is 0 Å². The minimum Gasteiger partial charge on any atom is -0.465 e. The number of carbonyl (C=O) groups excluding carboxylic acids is 2. The number of pyridine rings is 1. The van der Waals surface area contributed by atoms with E-state index in [0.717, 1.165) is 10.4 Å². The first-order chi connectivity index (χ1) is 13.5. The number of ether oxygens (including phenoxy) is 1. The Balaban J connectivity index is 1.69. The number of amides is 1. The zero-order valence-electron chi connectivity index (χ0n) is 15.6. The van der Waals surface area contributed by atoms with Gasteiger partial charge in [-0.3, -0.25) is 9.78 Å². The molecule has 146 valence electrons. The van der Waals surface area contributed by atoms with Gasteiger partial charge < -0.3 is 14.6 Å². The molecule has 0 spiro atoms. The lowest BCUT2D eigenvalue weighted by Gasteiger charge is -2.07. The number of rotatable bonds is 7. The first-order valence-corrected chi connectivity index (χ1v) is 10.3. The first kappa shape index (κ1) is 20.0. The Hall–Kier alpha value is -2.72. The molecule has 10 heteroatoms. The summed E-state index contributed by atoms with van der Waals surface area (Å²) >= 11 is 2.62. The summed E-state index contributed by atoms with van der Waals surface area (Å²) in [5.41, 5.74) is 1.23. The number of carbonyl (C=O) groups is 2. The molecule has 1 N–H and O–H groups in total. The lowest BCUT2D eigenvalue weighted by molar-refractivity contribution is -0.113. The van der Waals surface area contributed by atoms with E-state index >= 15 is 0 Å². The van der Waals surface area contributed by atoms with E-state index in [1.54, 1.807) is 18.5 Å². The van der Waals surface area contributed by atoms with E-state index in [1.807, 2.05) is 30.5 Å². The van der Waals surface area contributed by atoms with Crippen LogP contribution in [0.4, 0.5) is 5.00 Å². The van der Waals surface area contributed by atoms with Crippen LogP contribution in [0.5, 0.6) is 0 Å². The Labute approximate surface area is 170 Å². The van der Waals surface area contributed by atoms with Crippen molar-refractivity contribution in [3.05, 3.63) is 41.0 Å². The smallest absolute Gasteiger partial charge is 0.340 e. The van der Waals surface area contributed by atoms with Gasteiger partial charge in [0.2, 0.25) is 5.91 Å². The number of methoxy groups -OCH3 is 1. The number of anilines is 1. The highest BCUT2D eigenvalue weighted by Crippen LogP contribution is 2.29. The number of esters is 1. The van der Waals surface area contributed by atoms with Crippen LogP contribution < -0.4 is 5.32 Å². The molecular formula is C18H19N5O3S2. The van der Waals surface area contributed by atoms with Gasteiger partial charge in [0.05, 0.1) is 18.4 Å². The van der Waals surface area contributed by atoms with Crippen molar-refractivity contribution in [3.8, 4) is 11.4 Å². The van der Waals surface area contributed by atoms with Gasteiger partial charge in [0.15, 0.2) is 11.0 Å². The fourth-order valence-electron chi connectivity index (χ4n) is 2.55. The van der Waals surface area contributed by atoms with Crippen LogP contribution in [0.1, 0.15) is 22.2 Å². The van der Waals surface area contributed by atoms with Crippen molar-refractivity contribution < 1.29 is 14.3 Å². The SMILES string of the molecule is CCn1c(SCC(=O)Nc2sc(C)cc2C(=O)OC)nnc1-c1cccnc1. The van der Waals surface area contributed by atoms with Gasteiger partial charge in [0, 0.05) is 29.4 Å². The summed E-state index contributed by atoms with van der Waals surface area (Å²) in [5.74, 6) is 0.146. The van der Waals surface area contributed by atoms with Crippen LogP contribution >= 0.6 is 23.1 Å². The third-order valence-electron chi connectivity index (χ3n) is 3.80. The van der Waals surface area contributed by atoms with E-state index in [0.29, 0.717) is 28.1 Å². The van der Waals surface area contributed by atoms with Crippen LogP contribution in [0.15, 0.2) is 35.7 Å². The number of aromatic nitrogens is 4. The van der Waals surface area contributed by atoms with Crippen LogP contribution in [-0.2, 0) is 16.1 Å². The summed E-state index contributed by atoms with van der Waals surface area (Å²) in [7, 11) is 1.31. The monoisotopic (exact) mass is 417 g/mol. The van der Waals surface area contributed by atoms with E-state index in [9.17, 15) is 9.59 Å². The molecular weight excluding hydrogens is 398 g/mol. The Morgan fingerprint density at radius 2 is 2.18 bits per heavy atom. The molecule has 28 heavy (non-hydrogen) atoms. The van der Waals surface area contributed by atoms with Crippen LogP contribution in [-0.4, -0.2) is 44.5 Å². The number of nitrogens with zero attached hydrogens (tertiary/aromatic N) is 4. The largest absolute Gasteiger partial charge is 0.465 e. The number of hydrogen-bond donors (Lipinski definition) is 1. The van der Waals surface area contributed by atoms with E-state index in [2.05, 4.69) is 20.5 Å². The molecule has 0 aliphatic carbocycles. The lowest BCUT2D eigenvalue weighted by atomic mass is 10.3. The van der Waals surface area contributed by atoms with Crippen molar-refractivity contribution in [2.24, 2.45) is 0 Å². The van der Waals surface area contributed by atoms with Crippen molar-refractivity contribution >= 4 is 40.0 Å². The molecule has 0 fully saturated rings. The average Bonchev–Trinajstić information content (AvgIpc) is 3.29. The fourth-order valence-corrected chi connectivity index (χ4v) is 4.27. The average molecular weight is 418 g/mol. The maximum Gasteiger partial charge on any atom is 0.340 e. The minimum absolute atomic E-state index is 0.142. The lowest BCUT2D eigenvalue weighted by Crippen LogP contribution is -2.16. The van der Waals surface area contributed by atoms with Gasteiger partial charge in [-0.05, 0) is 32.0 Å². The first-order valence-electron chi connectivity index (χ1n) is 8.48. The summed E-state index contributed by atoms with van der Waals surface area (Å²) < 4.78 is 6.70. The zero-order chi connectivity index (χ0) is 20.1. The van der Waals surface area contributed by atoms with Gasteiger partial charge in [0.25, 0.3) is 0 Å². The van der Waals surface area contributed by atoms with E-state index in [1.165, 1.54) is 30.2 Å². The topological polar surface area (TPSA) is 99.0 Å². The maximum atomic E-state index is 12.4. The minimum atomic E-state index is -0.473. The van der Waals surface area contributed by atoms with Gasteiger partial charge in [-0.25, -0.2) is 4.79 Å². The molecule has 0 aliphatic heterocycles. The Bertz CT molecular complexity index is 985. The molecule has 1 amide bonds. The predicted molar refractivity (Wildman–Crippen MR) is 109 cm³/mol. The standard InChI is InChI=1S/C18H19N5O3S2/c1-4-23-15(12-6-5-7-19-9-12)21-22-18(23)27-10-14(24)20-16-13(17(25)26-3)8-11(2)28-16/h5-9H,4,10H2,1-3H3,(H,20,24). The predicted octanol–water partition coefficient (Wildman–Crippen LogP) is 3.25. The molecule has 0 bridgehead atoms. The summed E-state index contributed by atoms with van der Waals surface area (Å²) in [6, 6.07) is 5.46. The molecule has 0 unspecified atom stereocenters. The summed E-state index contributed by atoms with van der Waals surface area (Å²) in [6.45, 7) is 4.52. The quantitative estimate of drug-likeness (QED) is 0.465. The molecule has 0 aromatic carbocycles. The van der Waals surface area contributed by atoms with Gasteiger partial charge in [-0.2, -0.15) is 0 Å². The highest BCUT2D eigenvalue weighted by atomic mass is 32.2. The van der Waals surface area contributed by atoms with Crippen LogP contribution in [0, 0.1) is 6.92 Å². The molecule has 3 heterocycles. The normalized spacial score (nSPS) is 10.7. The van der Waals surface area contributed by atoms with Gasteiger partial charge >= 0.3 is 5.97 Å². The summed E-state index contributed by atoms with van der Waals surface area (Å²) in [4.78, 5) is 29.2. The molecule has 0 saturated carbocycles. The Morgan fingerprint density at radius 3 is 2.86 bits per heavy atom. The number of thiophene rings is 1. The van der Waals surface area contributed by atoms with Gasteiger partial charge in [0.1, 0.15) is 5.00 Å². The number of aryl methyl sites for hydroxylation is 1. The van der Waals surface area contributed by atoms with Gasteiger partial charge in [-0.1, -0.05) is 11.8 Å². The van der Waals surface area contributed by atoms with E-state index in [-0.39, 0.29) is 11.7 Å². The van der Waals surface area contributed by atoms with Crippen LogP contribution in [0.25, 0.3) is 11.4 Å². The second-order valence-electron chi connectivity index (χ2n) is 5.72. The second-order valence-corrected chi connectivity index (χ2v) is 7.92.